The lowest BCUT2D eigenvalue weighted by Gasteiger charge is -2.22. The molecular formula is C14H16N2O3S2. The normalized spacial score (nSPS) is 18.2. The number of nitrogens with one attached hydrogen (secondary N) is 1. The molecule has 7 heteroatoms. The van der Waals surface area contributed by atoms with E-state index < -0.39 is 10.0 Å². The van der Waals surface area contributed by atoms with Gasteiger partial charge in [0, 0.05) is 17.3 Å². The van der Waals surface area contributed by atoms with Crippen molar-refractivity contribution in [1.29, 1.82) is 0 Å². The monoisotopic (exact) mass is 324 g/mol. The molecule has 5 nitrogen and oxygen atoms in total. The number of aryl methyl sites for hydroxylation is 1. The molecule has 0 radical (unpaired) electrons. The Balaban J connectivity index is 1.81. The highest BCUT2D eigenvalue weighted by molar-refractivity contribution is 7.89. The predicted molar refractivity (Wildman–Crippen MR) is 81.2 cm³/mol. The predicted octanol–water partition coefficient (Wildman–Crippen LogP) is 1.99. The number of para-hydroxylation sites is 1. The van der Waals surface area contributed by atoms with E-state index in [1.165, 1.54) is 12.0 Å². The maximum atomic E-state index is 12.5. The molecule has 2 aromatic rings. The molecule has 0 amide bonds. The number of methoxy groups -OCH3 is 1. The van der Waals surface area contributed by atoms with Gasteiger partial charge in [-0.2, -0.15) is 0 Å². The van der Waals surface area contributed by atoms with Crippen LogP contribution in [0.5, 0.6) is 5.75 Å². The topological polar surface area (TPSA) is 68.3 Å². The number of rotatable bonds is 4. The number of sulfonamides is 1. The molecule has 1 aromatic heterocycles. The maximum absolute atomic E-state index is 12.5. The van der Waals surface area contributed by atoms with E-state index in [1.807, 2.05) is 5.51 Å². The molecule has 1 aromatic carbocycles. The van der Waals surface area contributed by atoms with E-state index in [4.69, 9.17) is 4.74 Å². The van der Waals surface area contributed by atoms with E-state index in [9.17, 15) is 8.42 Å². The molecule has 3 rings (SSSR count). The van der Waals surface area contributed by atoms with E-state index in [0.717, 1.165) is 18.5 Å². The van der Waals surface area contributed by atoms with Gasteiger partial charge in [-0.3, -0.25) is 0 Å². The summed E-state index contributed by atoms with van der Waals surface area (Å²) in [4.78, 5) is 5.65. The average Bonchev–Trinajstić information content (AvgIpc) is 2.94. The van der Waals surface area contributed by atoms with Crippen LogP contribution in [0.3, 0.4) is 0 Å². The van der Waals surface area contributed by atoms with E-state index in [-0.39, 0.29) is 10.9 Å². The van der Waals surface area contributed by atoms with Gasteiger partial charge in [0.25, 0.3) is 0 Å². The van der Waals surface area contributed by atoms with Crippen molar-refractivity contribution in [3.63, 3.8) is 0 Å². The third-order valence-electron chi connectivity index (χ3n) is 3.57. The summed E-state index contributed by atoms with van der Waals surface area (Å²) in [5.74, 6) is 0.360. The van der Waals surface area contributed by atoms with Crippen LogP contribution in [0.4, 0.5) is 0 Å². The molecule has 1 heterocycles. The van der Waals surface area contributed by atoms with Crippen LogP contribution in [-0.4, -0.2) is 26.6 Å². The largest absolute Gasteiger partial charge is 0.495 e. The van der Waals surface area contributed by atoms with Gasteiger partial charge in [-0.15, -0.1) is 11.3 Å². The minimum Gasteiger partial charge on any atom is -0.495 e. The Hall–Kier alpha value is -1.44. The summed E-state index contributed by atoms with van der Waals surface area (Å²) in [5.41, 5.74) is 2.93. The van der Waals surface area contributed by atoms with Gasteiger partial charge in [0.15, 0.2) is 0 Å². The van der Waals surface area contributed by atoms with Crippen molar-refractivity contribution in [2.75, 3.05) is 7.11 Å². The van der Waals surface area contributed by atoms with Crippen LogP contribution in [0.15, 0.2) is 34.7 Å². The van der Waals surface area contributed by atoms with Crippen molar-refractivity contribution in [3.05, 3.63) is 40.3 Å². The summed E-state index contributed by atoms with van der Waals surface area (Å²) < 4.78 is 33.0. The summed E-state index contributed by atoms with van der Waals surface area (Å²) in [6.45, 7) is 0. The number of benzene rings is 1. The summed E-state index contributed by atoms with van der Waals surface area (Å²) >= 11 is 1.59. The molecule has 0 saturated heterocycles. The molecule has 0 saturated carbocycles. The fourth-order valence-electron chi connectivity index (χ4n) is 2.52. The standard InChI is InChI=1S/C14H16N2O3S2/c1-19-12-4-2-3-5-14(12)21(17,18)16-10-6-7-11-13(8-10)20-9-15-11/h2-5,9-10,16H,6-8H2,1H3/t10-/m0/s1. The molecule has 112 valence electrons. The zero-order chi connectivity index (χ0) is 14.9. The lowest BCUT2D eigenvalue weighted by molar-refractivity contribution is 0.401. The van der Waals surface area contributed by atoms with Gasteiger partial charge in [0.05, 0.1) is 18.3 Å². The third kappa shape index (κ3) is 2.95. The maximum Gasteiger partial charge on any atom is 0.244 e. The Morgan fingerprint density at radius 3 is 3.00 bits per heavy atom. The van der Waals surface area contributed by atoms with E-state index >= 15 is 0 Å². The second-order valence-electron chi connectivity index (χ2n) is 4.93. The molecule has 0 unspecified atom stereocenters. The van der Waals surface area contributed by atoms with Crippen LogP contribution in [-0.2, 0) is 22.9 Å². The van der Waals surface area contributed by atoms with Gasteiger partial charge in [0.2, 0.25) is 10.0 Å². The second-order valence-corrected chi connectivity index (χ2v) is 7.56. The van der Waals surface area contributed by atoms with Gasteiger partial charge < -0.3 is 4.74 Å². The third-order valence-corrected chi connectivity index (χ3v) is 6.02. The highest BCUT2D eigenvalue weighted by Crippen LogP contribution is 2.27. The molecule has 21 heavy (non-hydrogen) atoms. The summed E-state index contributed by atoms with van der Waals surface area (Å²) in [7, 11) is -2.11. The summed E-state index contributed by atoms with van der Waals surface area (Å²) in [6, 6.07) is 6.56. The first-order valence-electron chi connectivity index (χ1n) is 6.67. The Morgan fingerprint density at radius 1 is 1.38 bits per heavy atom. The summed E-state index contributed by atoms with van der Waals surface area (Å²) in [5, 5.41) is 0. The van der Waals surface area contributed by atoms with E-state index in [1.54, 1.807) is 35.6 Å². The zero-order valence-corrected chi connectivity index (χ0v) is 13.2. The quantitative estimate of drug-likeness (QED) is 0.934. The van der Waals surface area contributed by atoms with Crippen LogP contribution in [0.25, 0.3) is 0 Å². The first-order valence-corrected chi connectivity index (χ1v) is 9.03. The number of nitrogens with zero attached hydrogens (tertiary/aromatic N) is 1. The minimum atomic E-state index is -3.58. The SMILES string of the molecule is COc1ccccc1S(=O)(=O)N[C@H]1CCc2ncsc2C1. The molecular weight excluding hydrogens is 308 g/mol. The molecule has 1 aliphatic rings. The van der Waals surface area contributed by atoms with Crippen molar-refractivity contribution in [1.82, 2.24) is 9.71 Å². The molecule has 0 fully saturated rings. The highest BCUT2D eigenvalue weighted by atomic mass is 32.2. The van der Waals surface area contributed by atoms with Gasteiger partial charge >= 0.3 is 0 Å². The Bertz CT molecular complexity index is 740. The van der Waals surface area contributed by atoms with E-state index in [0.29, 0.717) is 12.2 Å². The zero-order valence-electron chi connectivity index (χ0n) is 11.6. The molecule has 0 aliphatic heterocycles. The Morgan fingerprint density at radius 2 is 2.19 bits per heavy atom. The fraction of sp³-hybridized carbons (Fsp3) is 0.357. The van der Waals surface area contributed by atoms with Crippen LogP contribution in [0.2, 0.25) is 0 Å². The summed E-state index contributed by atoms with van der Waals surface area (Å²) in [6.07, 6.45) is 2.29. The fourth-order valence-corrected chi connectivity index (χ4v) is 4.86. The smallest absolute Gasteiger partial charge is 0.244 e. The minimum absolute atomic E-state index is 0.0899. The van der Waals surface area contributed by atoms with Crippen molar-refractivity contribution in [2.24, 2.45) is 0 Å². The number of hydrogen-bond acceptors (Lipinski definition) is 5. The molecule has 0 spiro atoms. The van der Waals surface area contributed by atoms with Crippen LogP contribution >= 0.6 is 11.3 Å². The van der Waals surface area contributed by atoms with Crippen molar-refractivity contribution in [2.45, 2.75) is 30.2 Å². The number of thiazole rings is 1. The Labute approximate surface area is 128 Å². The number of aromatic nitrogens is 1. The van der Waals surface area contributed by atoms with Crippen LogP contribution in [0.1, 0.15) is 17.0 Å². The van der Waals surface area contributed by atoms with Gasteiger partial charge in [-0.25, -0.2) is 18.1 Å². The van der Waals surface area contributed by atoms with Crippen LogP contribution in [0, 0.1) is 0 Å². The number of hydrogen-bond donors (Lipinski definition) is 1. The van der Waals surface area contributed by atoms with Crippen molar-refractivity contribution in [3.8, 4) is 5.75 Å². The second kappa shape index (κ2) is 5.75. The first kappa shape index (κ1) is 14.5. The Kier molecular flexibility index (Phi) is 3.97. The number of fused-ring (bicyclic) bond motifs is 1. The molecule has 1 N–H and O–H groups in total. The highest BCUT2D eigenvalue weighted by Gasteiger charge is 2.27. The van der Waals surface area contributed by atoms with Crippen molar-refractivity contribution < 1.29 is 13.2 Å². The van der Waals surface area contributed by atoms with Crippen molar-refractivity contribution >= 4 is 21.4 Å². The van der Waals surface area contributed by atoms with Gasteiger partial charge in [-0.1, -0.05) is 12.1 Å². The van der Waals surface area contributed by atoms with Crippen LogP contribution < -0.4 is 9.46 Å². The van der Waals surface area contributed by atoms with Gasteiger partial charge in [0.1, 0.15) is 10.6 Å². The molecule has 0 bridgehead atoms. The number of ether oxygens (including phenoxy) is 1. The van der Waals surface area contributed by atoms with E-state index in [2.05, 4.69) is 9.71 Å². The molecule has 1 atom stereocenters. The lowest BCUT2D eigenvalue weighted by atomic mass is 9.99. The average molecular weight is 324 g/mol. The molecule has 1 aliphatic carbocycles. The first-order chi connectivity index (χ1) is 10.1. The lowest BCUT2D eigenvalue weighted by Crippen LogP contribution is -2.38. The van der Waals surface area contributed by atoms with Gasteiger partial charge in [-0.05, 0) is 25.0 Å².